The van der Waals surface area contributed by atoms with Gasteiger partial charge in [0, 0.05) is 11.6 Å². The van der Waals surface area contributed by atoms with Crippen molar-refractivity contribution in [3.8, 4) is 0 Å². The quantitative estimate of drug-likeness (QED) is 0.862. The number of hydrogen-bond acceptors (Lipinski definition) is 1. The predicted molar refractivity (Wildman–Crippen MR) is 72.2 cm³/mol. The molecular weight excluding hydrogens is 277 g/mol. The normalized spacial score (nSPS) is 15.8. The zero-order chi connectivity index (χ0) is 14.1. The van der Waals surface area contributed by atoms with Crippen molar-refractivity contribution in [2.24, 2.45) is 0 Å². The van der Waals surface area contributed by atoms with E-state index in [2.05, 4.69) is 0 Å². The van der Waals surface area contributed by atoms with Crippen molar-refractivity contribution in [3.63, 3.8) is 0 Å². The van der Waals surface area contributed by atoms with Crippen LogP contribution in [0.2, 0.25) is 5.02 Å². The maximum absolute atomic E-state index is 13.4. The molecule has 1 N–H and O–H groups in total. The lowest BCUT2D eigenvalue weighted by atomic mass is 10.0. The first-order valence-corrected chi connectivity index (χ1v) is 6.94. The Hall–Kier alpha value is -0.490. The van der Waals surface area contributed by atoms with Gasteiger partial charge in [-0.05, 0) is 45.4 Å². The molecule has 1 aromatic carbocycles. The Labute approximate surface area is 114 Å². The fraction of sp³-hybridized carbons (Fsp3) is 0.500. The van der Waals surface area contributed by atoms with Crippen molar-refractivity contribution in [2.75, 3.05) is 0 Å². The van der Waals surface area contributed by atoms with Crippen LogP contribution in [0.4, 0.5) is 4.39 Å². The van der Waals surface area contributed by atoms with Gasteiger partial charge in [-0.3, -0.25) is 4.55 Å². The van der Waals surface area contributed by atoms with Crippen LogP contribution < -0.4 is 0 Å². The summed E-state index contributed by atoms with van der Waals surface area (Å²) in [6, 6.07) is 3.99. The minimum absolute atomic E-state index is 0.0402. The van der Waals surface area contributed by atoms with Crippen LogP contribution >= 0.6 is 11.6 Å². The smallest absolute Gasteiger partial charge is 0.235 e. The van der Waals surface area contributed by atoms with Crippen LogP contribution in [0.3, 0.4) is 0 Å². The van der Waals surface area contributed by atoms with E-state index >= 15 is 0 Å². The maximum atomic E-state index is 13.4. The SMILES string of the molecule is C[C@H](c1ccc(Cl)c(F)c1)N(S(=O)O)C(C)(C)C. The standard InChI is InChI=1S/C12H17ClFNO2S/c1-8(15(18(16)17)12(2,3)4)9-5-6-10(13)11(14)7-9/h5-8H,1-4H3,(H,16,17)/t8-/m1/s1. The van der Waals surface area contributed by atoms with Crippen LogP contribution in [0.5, 0.6) is 0 Å². The molecule has 1 aromatic rings. The zero-order valence-corrected chi connectivity index (χ0v) is 12.3. The number of benzene rings is 1. The Morgan fingerprint density at radius 1 is 1.44 bits per heavy atom. The third-order valence-corrected chi connectivity index (χ3v) is 4.11. The maximum Gasteiger partial charge on any atom is 0.235 e. The van der Waals surface area contributed by atoms with Crippen LogP contribution in [0.15, 0.2) is 18.2 Å². The Morgan fingerprint density at radius 2 is 2.00 bits per heavy atom. The molecule has 0 spiro atoms. The molecule has 0 fully saturated rings. The first kappa shape index (κ1) is 15.6. The topological polar surface area (TPSA) is 40.5 Å². The van der Waals surface area contributed by atoms with Gasteiger partial charge >= 0.3 is 0 Å². The molecule has 1 unspecified atom stereocenters. The Morgan fingerprint density at radius 3 is 2.39 bits per heavy atom. The molecule has 3 nitrogen and oxygen atoms in total. The summed E-state index contributed by atoms with van der Waals surface area (Å²) in [7, 11) is 0. The first-order chi connectivity index (χ1) is 8.14. The number of halogens is 2. The van der Waals surface area contributed by atoms with Gasteiger partial charge in [0.15, 0.2) is 0 Å². The van der Waals surface area contributed by atoms with Crippen molar-refractivity contribution in [3.05, 3.63) is 34.6 Å². The summed E-state index contributed by atoms with van der Waals surface area (Å²) >= 11 is 3.48. The van der Waals surface area contributed by atoms with Crippen molar-refractivity contribution < 1.29 is 13.2 Å². The highest BCUT2D eigenvalue weighted by molar-refractivity contribution is 7.76. The lowest BCUT2D eigenvalue weighted by molar-refractivity contribution is 0.196. The summed E-state index contributed by atoms with van der Waals surface area (Å²) < 4.78 is 35.6. The fourth-order valence-electron chi connectivity index (χ4n) is 1.86. The zero-order valence-electron chi connectivity index (χ0n) is 10.8. The number of hydrogen-bond donors (Lipinski definition) is 1. The van der Waals surface area contributed by atoms with Crippen LogP contribution in [-0.4, -0.2) is 18.6 Å². The van der Waals surface area contributed by atoms with E-state index in [-0.39, 0.29) is 5.02 Å². The second kappa shape index (κ2) is 5.65. The molecule has 0 amide bonds. The van der Waals surface area contributed by atoms with Crippen molar-refractivity contribution in [2.45, 2.75) is 39.3 Å². The Kier molecular flexibility index (Phi) is 4.89. The van der Waals surface area contributed by atoms with Gasteiger partial charge in [0.2, 0.25) is 11.3 Å². The molecule has 0 heterocycles. The molecule has 0 aliphatic heterocycles. The van der Waals surface area contributed by atoms with Gasteiger partial charge in [0.05, 0.1) is 5.02 Å². The predicted octanol–water partition coefficient (Wildman–Crippen LogP) is 3.78. The van der Waals surface area contributed by atoms with E-state index in [4.69, 9.17) is 11.6 Å². The van der Waals surface area contributed by atoms with E-state index in [0.29, 0.717) is 5.56 Å². The second-order valence-corrected chi connectivity index (χ2v) is 6.34. The van der Waals surface area contributed by atoms with Gasteiger partial charge in [-0.2, -0.15) is 4.31 Å². The summed E-state index contributed by atoms with van der Waals surface area (Å²) in [6.45, 7) is 7.22. The van der Waals surface area contributed by atoms with Crippen LogP contribution in [0, 0.1) is 5.82 Å². The summed E-state index contributed by atoms with van der Waals surface area (Å²) in [4.78, 5) is 0. The molecule has 0 radical (unpaired) electrons. The molecule has 2 atom stereocenters. The van der Waals surface area contributed by atoms with Gasteiger partial charge in [0.25, 0.3) is 0 Å². The summed E-state index contributed by atoms with van der Waals surface area (Å²) in [5.41, 5.74) is 0.0871. The molecule has 0 aliphatic rings. The van der Waals surface area contributed by atoms with Crippen LogP contribution in [-0.2, 0) is 11.3 Å². The minimum atomic E-state index is -2.14. The number of rotatable bonds is 3. The lowest BCUT2D eigenvalue weighted by Gasteiger charge is -2.36. The third kappa shape index (κ3) is 3.51. The van der Waals surface area contributed by atoms with Crippen LogP contribution in [0.25, 0.3) is 0 Å². The molecule has 1 rings (SSSR count). The van der Waals surface area contributed by atoms with Gasteiger partial charge in [0.1, 0.15) is 5.82 Å². The van der Waals surface area contributed by atoms with Crippen LogP contribution in [0.1, 0.15) is 39.3 Å². The monoisotopic (exact) mass is 293 g/mol. The Bertz CT molecular complexity index is 462. The fourth-order valence-corrected chi connectivity index (χ4v) is 2.84. The van der Waals surface area contributed by atoms with E-state index in [1.165, 1.54) is 16.4 Å². The number of nitrogens with zero attached hydrogens (tertiary/aromatic N) is 1. The Balaban J connectivity index is 3.14. The molecule has 6 heteroatoms. The van der Waals surface area contributed by atoms with Gasteiger partial charge in [-0.25, -0.2) is 8.60 Å². The second-order valence-electron chi connectivity index (χ2n) is 5.08. The lowest BCUT2D eigenvalue weighted by Crippen LogP contribution is -2.43. The molecule has 0 aromatic heterocycles. The average Bonchev–Trinajstić information content (AvgIpc) is 2.19. The molecule has 0 saturated heterocycles. The van der Waals surface area contributed by atoms with Crippen molar-refractivity contribution >= 4 is 22.9 Å². The van der Waals surface area contributed by atoms with Gasteiger partial charge in [-0.15, -0.1) is 0 Å². The largest absolute Gasteiger partial charge is 0.294 e. The van der Waals surface area contributed by atoms with Crippen molar-refractivity contribution in [1.29, 1.82) is 0 Å². The first-order valence-electron chi connectivity index (χ1n) is 5.50. The van der Waals surface area contributed by atoms with E-state index in [9.17, 15) is 13.2 Å². The summed E-state index contributed by atoms with van der Waals surface area (Å²) in [5.74, 6) is -0.529. The average molecular weight is 294 g/mol. The van der Waals surface area contributed by atoms with E-state index in [0.717, 1.165) is 0 Å². The summed E-state index contributed by atoms with van der Waals surface area (Å²) in [6.07, 6.45) is 0. The molecule has 0 aliphatic carbocycles. The third-order valence-electron chi connectivity index (χ3n) is 2.61. The molecule has 18 heavy (non-hydrogen) atoms. The molecule has 0 saturated carbocycles. The van der Waals surface area contributed by atoms with Gasteiger partial charge in [-0.1, -0.05) is 17.7 Å². The molecule has 0 bridgehead atoms. The van der Waals surface area contributed by atoms with E-state index in [1.807, 2.05) is 20.8 Å². The highest BCUT2D eigenvalue weighted by atomic mass is 35.5. The molecular formula is C12H17ClFNO2S. The minimum Gasteiger partial charge on any atom is -0.294 e. The molecule has 102 valence electrons. The highest BCUT2D eigenvalue weighted by Gasteiger charge is 2.32. The summed E-state index contributed by atoms with van der Waals surface area (Å²) in [5, 5.41) is 0.0402. The van der Waals surface area contributed by atoms with E-state index < -0.39 is 28.7 Å². The van der Waals surface area contributed by atoms with E-state index in [1.54, 1.807) is 13.0 Å². The van der Waals surface area contributed by atoms with Crippen molar-refractivity contribution in [1.82, 2.24) is 4.31 Å². The highest BCUT2D eigenvalue weighted by Crippen LogP contribution is 2.30. The van der Waals surface area contributed by atoms with Gasteiger partial charge < -0.3 is 0 Å².